The summed E-state index contributed by atoms with van der Waals surface area (Å²) in [5, 5.41) is 6.18. The Labute approximate surface area is 221 Å². The molecule has 10 heteroatoms. The Bertz CT molecular complexity index is 1280. The van der Waals surface area contributed by atoms with Crippen LogP contribution in [0.25, 0.3) is 17.1 Å². The number of hydrogen-bond donors (Lipinski definition) is 2. The molecule has 1 aliphatic rings. The lowest BCUT2D eigenvalue weighted by Gasteiger charge is -2.30. The molecular weight excluding hydrogens is 497 g/mol. The maximum absolute atomic E-state index is 13.6. The molecule has 2 aromatic carbocycles. The highest BCUT2D eigenvalue weighted by Gasteiger charge is 2.29. The number of nitrogens with two attached hydrogens (primary N) is 2. The van der Waals surface area contributed by atoms with Crippen LogP contribution in [0.5, 0.6) is 0 Å². The monoisotopic (exact) mass is 527 g/mol. The fourth-order valence-corrected chi connectivity index (χ4v) is 5.17. The van der Waals surface area contributed by atoms with Crippen LogP contribution in [-0.2, 0) is 0 Å². The number of nitrogens with zero attached hydrogens (tertiary/aromatic N) is 5. The minimum absolute atomic E-state index is 0.0940. The number of aromatic nitrogens is 2. The first-order valence-corrected chi connectivity index (χ1v) is 12.7. The first-order valence-electron chi connectivity index (χ1n) is 11.9. The van der Waals surface area contributed by atoms with Crippen molar-refractivity contribution in [2.75, 3.05) is 14.1 Å². The third kappa shape index (κ3) is 5.36. The predicted molar refractivity (Wildman–Crippen MR) is 145 cm³/mol. The van der Waals surface area contributed by atoms with E-state index in [-0.39, 0.29) is 11.9 Å². The van der Waals surface area contributed by atoms with Crippen LogP contribution in [0.3, 0.4) is 0 Å². The summed E-state index contributed by atoms with van der Waals surface area (Å²) in [7, 11) is 3.47. The standard InChI is InChI=1S/C26H31Cl2N7O/c1-16-23(26(36)33(2)19-7-5-4-6-8-19)31-25(21-14-11-18(27)15-22(21)28)35(16)20-12-9-17(10-13-20)24(29)32-34(3)30/h9-15,19H,4-8,30H2,1-3H3,(H2,29,32). The zero-order chi connectivity index (χ0) is 26.0. The number of halogens is 2. The molecule has 0 aliphatic heterocycles. The number of amides is 1. The minimum atomic E-state index is -0.0940. The van der Waals surface area contributed by atoms with Crippen molar-refractivity contribution in [2.24, 2.45) is 16.7 Å². The van der Waals surface area contributed by atoms with Gasteiger partial charge in [0.1, 0.15) is 11.5 Å². The molecular formula is C26H31Cl2N7O. The van der Waals surface area contributed by atoms with Crippen molar-refractivity contribution < 1.29 is 4.79 Å². The number of hydrogen-bond acceptors (Lipinski definition) is 5. The maximum Gasteiger partial charge on any atom is 0.274 e. The fraction of sp³-hybridized carbons (Fsp3) is 0.346. The van der Waals surface area contributed by atoms with Crippen LogP contribution >= 0.6 is 23.2 Å². The molecule has 3 aromatic rings. The molecule has 0 atom stereocenters. The van der Waals surface area contributed by atoms with E-state index >= 15 is 0 Å². The van der Waals surface area contributed by atoms with Crippen molar-refractivity contribution in [1.82, 2.24) is 19.6 Å². The molecule has 8 nitrogen and oxygen atoms in total. The van der Waals surface area contributed by atoms with Gasteiger partial charge in [-0.25, -0.2) is 15.9 Å². The third-order valence-corrected chi connectivity index (χ3v) is 7.16. The van der Waals surface area contributed by atoms with Crippen LogP contribution < -0.4 is 11.6 Å². The SMILES string of the molecule is Cc1c(C(=O)N(C)C2CCCCC2)nc(-c2ccc(Cl)cc2Cl)n1-c1ccc(/C(N)=N/N(C)N)cc1. The number of amidine groups is 1. The molecule has 4 N–H and O–H groups in total. The molecule has 0 spiro atoms. The summed E-state index contributed by atoms with van der Waals surface area (Å²) in [4.78, 5) is 20.3. The topological polar surface area (TPSA) is 106 Å². The third-order valence-electron chi connectivity index (χ3n) is 6.61. The van der Waals surface area contributed by atoms with Gasteiger partial charge >= 0.3 is 0 Å². The maximum atomic E-state index is 13.6. The average Bonchev–Trinajstić information content (AvgIpc) is 3.19. The molecule has 1 aromatic heterocycles. The van der Waals surface area contributed by atoms with Crippen LogP contribution in [0.15, 0.2) is 47.6 Å². The molecule has 1 fully saturated rings. The molecule has 1 heterocycles. The van der Waals surface area contributed by atoms with E-state index in [9.17, 15) is 4.79 Å². The lowest BCUT2D eigenvalue weighted by atomic mass is 9.94. The second kappa shape index (κ2) is 10.9. The Morgan fingerprint density at radius 3 is 2.36 bits per heavy atom. The summed E-state index contributed by atoms with van der Waals surface area (Å²) in [5.74, 6) is 6.34. The van der Waals surface area contributed by atoms with Gasteiger partial charge in [0.15, 0.2) is 5.84 Å². The molecule has 1 saturated carbocycles. The number of benzene rings is 2. The van der Waals surface area contributed by atoms with E-state index in [1.165, 1.54) is 6.42 Å². The van der Waals surface area contributed by atoms with E-state index < -0.39 is 0 Å². The fourth-order valence-electron chi connectivity index (χ4n) is 4.68. The summed E-state index contributed by atoms with van der Waals surface area (Å²) in [6.45, 7) is 1.90. The lowest BCUT2D eigenvalue weighted by molar-refractivity contribution is 0.0690. The van der Waals surface area contributed by atoms with E-state index in [1.807, 2.05) is 53.8 Å². The highest BCUT2D eigenvalue weighted by atomic mass is 35.5. The number of imidazole rings is 1. The smallest absolute Gasteiger partial charge is 0.274 e. The second-order valence-corrected chi connectivity index (χ2v) is 9.99. The van der Waals surface area contributed by atoms with Gasteiger partial charge in [-0.3, -0.25) is 9.36 Å². The quantitative estimate of drug-likeness (QED) is 0.203. The van der Waals surface area contributed by atoms with Crippen LogP contribution in [0.4, 0.5) is 0 Å². The van der Waals surface area contributed by atoms with Gasteiger partial charge in [0.2, 0.25) is 0 Å². The first-order chi connectivity index (χ1) is 17.2. The number of hydrazone groups is 1. The molecule has 4 rings (SSSR count). The summed E-state index contributed by atoms with van der Waals surface area (Å²) in [6, 6.07) is 13.0. The molecule has 1 amide bonds. The number of rotatable bonds is 6. The van der Waals surface area contributed by atoms with Crippen molar-refractivity contribution in [2.45, 2.75) is 45.1 Å². The lowest BCUT2D eigenvalue weighted by Crippen LogP contribution is -2.38. The Morgan fingerprint density at radius 2 is 1.75 bits per heavy atom. The number of carbonyl (C=O) groups excluding carboxylic acids is 1. The van der Waals surface area contributed by atoms with Gasteiger partial charge in [-0.05, 0) is 62.2 Å². The first kappa shape index (κ1) is 26.0. The molecule has 190 valence electrons. The van der Waals surface area contributed by atoms with Crippen molar-refractivity contribution in [1.29, 1.82) is 0 Å². The van der Waals surface area contributed by atoms with Crippen LogP contribution in [-0.4, -0.2) is 51.4 Å². The van der Waals surface area contributed by atoms with Crippen molar-refractivity contribution in [3.05, 3.63) is 69.5 Å². The van der Waals surface area contributed by atoms with E-state index in [1.54, 1.807) is 19.2 Å². The summed E-state index contributed by atoms with van der Waals surface area (Å²) in [6.07, 6.45) is 5.53. The Morgan fingerprint density at radius 1 is 1.08 bits per heavy atom. The molecule has 1 aliphatic carbocycles. The average molecular weight is 528 g/mol. The van der Waals surface area contributed by atoms with Crippen molar-refractivity contribution >= 4 is 34.9 Å². The summed E-state index contributed by atoms with van der Waals surface area (Å²) >= 11 is 12.7. The van der Waals surface area contributed by atoms with E-state index in [0.717, 1.165) is 42.2 Å². The van der Waals surface area contributed by atoms with Gasteiger partial charge < -0.3 is 10.6 Å². The van der Waals surface area contributed by atoms with Gasteiger partial charge in [-0.15, -0.1) is 5.10 Å². The molecule has 0 bridgehead atoms. The summed E-state index contributed by atoms with van der Waals surface area (Å²) < 4.78 is 1.93. The Balaban J connectivity index is 1.81. The van der Waals surface area contributed by atoms with Crippen LogP contribution in [0, 0.1) is 6.92 Å². The predicted octanol–water partition coefficient (Wildman–Crippen LogP) is 4.99. The Hall–Kier alpha value is -3.07. The minimum Gasteiger partial charge on any atom is -0.382 e. The second-order valence-electron chi connectivity index (χ2n) is 9.14. The summed E-state index contributed by atoms with van der Waals surface area (Å²) in [5.41, 5.74) is 9.37. The van der Waals surface area contributed by atoms with Gasteiger partial charge in [0.05, 0.1) is 10.7 Å². The normalized spacial score (nSPS) is 14.7. The largest absolute Gasteiger partial charge is 0.382 e. The van der Waals surface area contributed by atoms with Crippen LogP contribution in [0.1, 0.15) is 53.8 Å². The van der Waals surface area contributed by atoms with Gasteiger partial charge in [0.25, 0.3) is 5.91 Å². The molecule has 0 radical (unpaired) electrons. The van der Waals surface area contributed by atoms with E-state index in [2.05, 4.69) is 5.10 Å². The number of carbonyl (C=O) groups is 1. The van der Waals surface area contributed by atoms with Gasteiger partial charge in [-0.1, -0.05) is 42.5 Å². The highest BCUT2D eigenvalue weighted by Crippen LogP contribution is 2.34. The van der Waals surface area contributed by atoms with Gasteiger partial charge in [-0.2, -0.15) is 0 Å². The zero-order valence-corrected chi connectivity index (χ0v) is 22.2. The highest BCUT2D eigenvalue weighted by molar-refractivity contribution is 6.36. The Kier molecular flexibility index (Phi) is 7.88. The number of hydrazine groups is 1. The van der Waals surface area contributed by atoms with E-state index in [0.29, 0.717) is 38.5 Å². The van der Waals surface area contributed by atoms with Crippen molar-refractivity contribution in [3.8, 4) is 17.1 Å². The molecule has 0 saturated heterocycles. The molecule has 0 unspecified atom stereocenters. The van der Waals surface area contributed by atoms with E-state index in [4.69, 9.17) is 39.8 Å². The zero-order valence-electron chi connectivity index (χ0n) is 20.7. The molecule has 36 heavy (non-hydrogen) atoms. The van der Waals surface area contributed by atoms with Gasteiger partial charge in [0, 0.05) is 42.0 Å². The van der Waals surface area contributed by atoms with Crippen molar-refractivity contribution in [3.63, 3.8) is 0 Å². The van der Waals surface area contributed by atoms with Crippen LogP contribution in [0.2, 0.25) is 10.0 Å².